The van der Waals surface area contributed by atoms with Gasteiger partial charge in [-0.3, -0.25) is 9.69 Å². The Morgan fingerprint density at radius 3 is 2.56 bits per heavy atom. The average molecular weight is 338 g/mol. The van der Waals surface area contributed by atoms with E-state index in [0.29, 0.717) is 11.5 Å². The van der Waals surface area contributed by atoms with Crippen LogP contribution in [-0.4, -0.2) is 23.6 Å². The van der Waals surface area contributed by atoms with Crippen molar-refractivity contribution in [2.24, 2.45) is 0 Å². The summed E-state index contributed by atoms with van der Waals surface area (Å²) in [7, 11) is 0. The first-order valence-corrected chi connectivity index (χ1v) is 8.07. The number of fused-ring (bicyclic) bond motifs is 1. The number of ether oxygens (including phenoxy) is 2. The highest BCUT2D eigenvalue weighted by Gasteiger charge is 2.48. The molecule has 2 heterocycles. The highest BCUT2D eigenvalue weighted by Crippen LogP contribution is 2.34. The molecule has 1 atom stereocenters. The summed E-state index contributed by atoms with van der Waals surface area (Å²) in [6.45, 7) is 4.08. The van der Waals surface area contributed by atoms with E-state index in [1.807, 2.05) is 37.3 Å². The molecule has 1 saturated heterocycles. The molecule has 0 aromatic heterocycles. The largest absolute Gasteiger partial charge is 0.454 e. The third kappa shape index (κ3) is 2.50. The second-order valence-corrected chi connectivity index (χ2v) is 6.50. The van der Waals surface area contributed by atoms with Crippen LogP contribution >= 0.6 is 0 Å². The number of urea groups is 1. The third-order valence-electron chi connectivity index (χ3n) is 4.68. The Morgan fingerprint density at radius 2 is 1.80 bits per heavy atom. The first-order chi connectivity index (χ1) is 12.0. The van der Waals surface area contributed by atoms with Crippen LogP contribution in [0.1, 0.15) is 23.6 Å². The van der Waals surface area contributed by atoms with Crippen LogP contribution in [0.25, 0.3) is 0 Å². The number of benzene rings is 2. The summed E-state index contributed by atoms with van der Waals surface area (Å²) in [6, 6.07) is 12.6. The molecule has 0 radical (unpaired) electrons. The molecule has 6 heteroatoms. The standard InChI is InChI=1S/C19H18N2O4/c1-12-3-6-14(7-4-12)19(2)17(22)21(18(23)20-19)10-13-5-8-15-16(9-13)25-11-24-15/h3-9H,10-11H2,1-2H3,(H,20,23). The van der Waals surface area contributed by atoms with Gasteiger partial charge in [0.1, 0.15) is 5.54 Å². The molecule has 3 amide bonds. The number of rotatable bonds is 3. The lowest BCUT2D eigenvalue weighted by atomic mass is 9.91. The summed E-state index contributed by atoms with van der Waals surface area (Å²) in [5.74, 6) is 1.04. The molecule has 0 saturated carbocycles. The molecular weight excluding hydrogens is 320 g/mol. The molecule has 2 aliphatic heterocycles. The SMILES string of the molecule is Cc1ccc(C2(C)NC(=O)N(Cc3ccc4c(c3)OCO4)C2=O)cc1. The van der Waals surface area contributed by atoms with E-state index in [2.05, 4.69) is 5.32 Å². The molecule has 0 aliphatic carbocycles. The number of imide groups is 1. The zero-order valence-corrected chi connectivity index (χ0v) is 14.0. The number of nitrogens with zero attached hydrogens (tertiary/aromatic N) is 1. The van der Waals surface area contributed by atoms with Gasteiger partial charge in [-0.15, -0.1) is 0 Å². The van der Waals surface area contributed by atoms with Crippen LogP contribution < -0.4 is 14.8 Å². The van der Waals surface area contributed by atoms with Gasteiger partial charge in [0.15, 0.2) is 11.5 Å². The van der Waals surface area contributed by atoms with Gasteiger partial charge in [-0.2, -0.15) is 0 Å². The van der Waals surface area contributed by atoms with E-state index in [9.17, 15) is 9.59 Å². The maximum atomic E-state index is 12.9. The van der Waals surface area contributed by atoms with Gasteiger partial charge in [0.2, 0.25) is 6.79 Å². The summed E-state index contributed by atoms with van der Waals surface area (Å²) in [6.07, 6.45) is 0. The number of hydrogen-bond acceptors (Lipinski definition) is 4. The first kappa shape index (κ1) is 15.5. The van der Waals surface area contributed by atoms with Crippen LogP contribution in [0.4, 0.5) is 4.79 Å². The Balaban J connectivity index is 1.60. The van der Waals surface area contributed by atoms with Crippen molar-refractivity contribution in [1.82, 2.24) is 10.2 Å². The number of amides is 3. The Labute approximate surface area is 145 Å². The minimum atomic E-state index is -1.05. The quantitative estimate of drug-likeness (QED) is 0.874. The van der Waals surface area contributed by atoms with E-state index in [1.165, 1.54) is 4.90 Å². The van der Waals surface area contributed by atoms with E-state index in [1.54, 1.807) is 19.1 Å². The predicted octanol–water partition coefficient (Wildman–Crippen LogP) is 2.69. The van der Waals surface area contributed by atoms with Crippen LogP contribution in [0.2, 0.25) is 0 Å². The van der Waals surface area contributed by atoms with Crippen molar-refractivity contribution < 1.29 is 19.1 Å². The number of nitrogens with one attached hydrogen (secondary N) is 1. The molecule has 0 bridgehead atoms. The average Bonchev–Trinajstić information content (AvgIpc) is 3.14. The molecule has 1 N–H and O–H groups in total. The van der Waals surface area contributed by atoms with Crippen molar-refractivity contribution in [3.05, 3.63) is 59.2 Å². The maximum absolute atomic E-state index is 12.9. The van der Waals surface area contributed by atoms with Crippen LogP contribution in [-0.2, 0) is 16.9 Å². The number of hydrogen-bond donors (Lipinski definition) is 1. The molecule has 1 unspecified atom stereocenters. The molecule has 2 aromatic rings. The molecule has 2 aliphatic rings. The van der Waals surface area contributed by atoms with Crippen molar-refractivity contribution in [3.63, 3.8) is 0 Å². The topological polar surface area (TPSA) is 67.9 Å². The predicted molar refractivity (Wildman–Crippen MR) is 90.2 cm³/mol. The zero-order valence-electron chi connectivity index (χ0n) is 14.0. The zero-order chi connectivity index (χ0) is 17.6. The summed E-state index contributed by atoms with van der Waals surface area (Å²) in [4.78, 5) is 26.6. The molecule has 25 heavy (non-hydrogen) atoms. The molecule has 1 fully saturated rings. The van der Waals surface area contributed by atoms with Crippen LogP contribution in [0.5, 0.6) is 11.5 Å². The fraction of sp³-hybridized carbons (Fsp3) is 0.263. The number of aryl methyl sites for hydroxylation is 1. The lowest BCUT2D eigenvalue weighted by Gasteiger charge is -2.22. The summed E-state index contributed by atoms with van der Waals surface area (Å²) in [5.41, 5.74) is 1.62. The molecular formula is C19H18N2O4. The highest BCUT2D eigenvalue weighted by molar-refractivity contribution is 6.07. The van der Waals surface area contributed by atoms with E-state index in [-0.39, 0.29) is 19.2 Å². The molecule has 128 valence electrons. The first-order valence-electron chi connectivity index (χ1n) is 8.07. The highest BCUT2D eigenvalue weighted by atomic mass is 16.7. The Kier molecular flexibility index (Phi) is 3.42. The number of carbonyl (C=O) groups excluding carboxylic acids is 2. The molecule has 4 rings (SSSR count). The number of carbonyl (C=O) groups is 2. The van der Waals surface area contributed by atoms with Gasteiger partial charge in [-0.05, 0) is 37.1 Å². The van der Waals surface area contributed by atoms with Gasteiger partial charge >= 0.3 is 6.03 Å². The van der Waals surface area contributed by atoms with Gasteiger partial charge < -0.3 is 14.8 Å². The molecule has 2 aromatic carbocycles. The second-order valence-electron chi connectivity index (χ2n) is 6.50. The normalized spacial score (nSPS) is 21.6. The lowest BCUT2D eigenvalue weighted by Crippen LogP contribution is -2.40. The van der Waals surface area contributed by atoms with Crippen molar-refractivity contribution in [1.29, 1.82) is 0 Å². The van der Waals surface area contributed by atoms with Gasteiger partial charge in [-0.1, -0.05) is 35.9 Å². The minimum Gasteiger partial charge on any atom is -0.454 e. The van der Waals surface area contributed by atoms with E-state index in [0.717, 1.165) is 16.7 Å². The van der Waals surface area contributed by atoms with E-state index < -0.39 is 11.6 Å². The Bertz CT molecular complexity index is 862. The molecule has 0 spiro atoms. The van der Waals surface area contributed by atoms with Crippen molar-refractivity contribution >= 4 is 11.9 Å². The van der Waals surface area contributed by atoms with Crippen LogP contribution in [0.3, 0.4) is 0 Å². The summed E-state index contributed by atoms with van der Waals surface area (Å²) < 4.78 is 10.6. The second kappa shape index (κ2) is 5.51. The maximum Gasteiger partial charge on any atom is 0.325 e. The third-order valence-corrected chi connectivity index (χ3v) is 4.68. The fourth-order valence-corrected chi connectivity index (χ4v) is 3.14. The van der Waals surface area contributed by atoms with E-state index >= 15 is 0 Å². The lowest BCUT2D eigenvalue weighted by molar-refractivity contribution is -0.131. The van der Waals surface area contributed by atoms with Gasteiger partial charge in [0.05, 0.1) is 6.54 Å². The summed E-state index contributed by atoms with van der Waals surface area (Å²) in [5, 5.41) is 2.82. The molecule has 6 nitrogen and oxygen atoms in total. The van der Waals surface area contributed by atoms with E-state index in [4.69, 9.17) is 9.47 Å². The van der Waals surface area contributed by atoms with Crippen LogP contribution in [0, 0.1) is 6.92 Å². The monoisotopic (exact) mass is 338 g/mol. The Morgan fingerprint density at radius 1 is 1.08 bits per heavy atom. The Hall–Kier alpha value is -3.02. The minimum absolute atomic E-state index is 0.183. The van der Waals surface area contributed by atoms with Crippen molar-refractivity contribution in [2.75, 3.05) is 6.79 Å². The fourth-order valence-electron chi connectivity index (χ4n) is 3.14. The summed E-state index contributed by atoms with van der Waals surface area (Å²) >= 11 is 0. The van der Waals surface area contributed by atoms with Gasteiger partial charge in [0.25, 0.3) is 5.91 Å². The van der Waals surface area contributed by atoms with Gasteiger partial charge in [0, 0.05) is 0 Å². The smallest absolute Gasteiger partial charge is 0.325 e. The van der Waals surface area contributed by atoms with Crippen LogP contribution in [0.15, 0.2) is 42.5 Å². The van der Waals surface area contributed by atoms with Crippen molar-refractivity contribution in [2.45, 2.75) is 25.9 Å². The van der Waals surface area contributed by atoms with Crippen molar-refractivity contribution in [3.8, 4) is 11.5 Å². The van der Waals surface area contributed by atoms with Gasteiger partial charge in [-0.25, -0.2) is 4.79 Å².